The summed E-state index contributed by atoms with van der Waals surface area (Å²) in [6.45, 7) is 3.21. The predicted octanol–water partition coefficient (Wildman–Crippen LogP) is 1.51. The first-order chi connectivity index (χ1) is 14.6. The van der Waals surface area contributed by atoms with Gasteiger partial charge >= 0.3 is 0 Å². The van der Waals surface area contributed by atoms with Gasteiger partial charge in [0.1, 0.15) is 42.3 Å². The molecular weight excluding hydrogens is 385 g/mol. The van der Waals surface area contributed by atoms with Gasteiger partial charge in [-0.25, -0.2) is 4.39 Å². The summed E-state index contributed by atoms with van der Waals surface area (Å²) in [5.41, 5.74) is 1.69. The maximum Gasteiger partial charge on any atom is 0.262 e. The number of nitriles is 1. The highest BCUT2D eigenvalue weighted by Crippen LogP contribution is 2.15. The van der Waals surface area contributed by atoms with Crippen LogP contribution >= 0.6 is 0 Å². The molecule has 1 heterocycles. The Morgan fingerprint density at radius 3 is 2.50 bits per heavy atom. The molecule has 0 unspecified atom stereocenters. The van der Waals surface area contributed by atoms with Gasteiger partial charge in [-0.1, -0.05) is 24.3 Å². The van der Waals surface area contributed by atoms with E-state index in [1.807, 2.05) is 6.07 Å². The summed E-state index contributed by atoms with van der Waals surface area (Å²) in [5, 5.41) is 12.3. The molecule has 0 radical (unpaired) electrons. The van der Waals surface area contributed by atoms with Gasteiger partial charge in [0.25, 0.3) is 5.91 Å². The number of halogens is 1. The third kappa shape index (κ3) is 5.66. The molecule has 1 fully saturated rings. The largest absolute Gasteiger partial charge is 0.497 e. The van der Waals surface area contributed by atoms with E-state index in [1.54, 1.807) is 49.6 Å². The van der Waals surface area contributed by atoms with E-state index in [0.29, 0.717) is 25.5 Å². The van der Waals surface area contributed by atoms with Crippen molar-refractivity contribution in [2.45, 2.75) is 6.04 Å². The quantitative estimate of drug-likeness (QED) is 0.536. The lowest BCUT2D eigenvalue weighted by Gasteiger charge is -2.32. The van der Waals surface area contributed by atoms with Crippen LogP contribution in [0.25, 0.3) is 6.08 Å². The highest BCUT2D eigenvalue weighted by Gasteiger charge is 2.27. The molecule has 6 nitrogen and oxygen atoms in total. The van der Waals surface area contributed by atoms with Crippen LogP contribution in [0.5, 0.6) is 5.75 Å². The summed E-state index contributed by atoms with van der Waals surface area (Å²) in [7, 11) is 1.58. The molecule has 2 aromatic rings. The molecule has 2 aromatic carbocycles. The Hall–Kier alpha value is -3.21. The van der Waals surface area contributed by atoms with Crippen molar-refractivity contribution >= 4 is 12.0 Å². The van der Waals surface area contributed by atoms with Crippen molar-refractivity contribution in [3.05, 3.63) is 71.0 Å². The van der Waals surface area contributed by atoms with E-state index in [1.165, 1.54) is 17.0 Å². The van der Waals surface area contributed by atoms with Crippen molar-refractivity contribution in [2.75, 3.05) is 40.0 Å². The average molecular weight is 410 g/mol. The molecule has 1 aliphatic rings. The standard InChI is InChI=1S/C23H24FN3O3/c1-29-21-8-2-17(3-9-21)14-19(15-25)23(28)26-16-22(27-10-12-30-13-11-27)18-4-6-20(24)7-5-18/h2-9,14,22H,10-13,16H2,1H3,(H,26,28)/p+1/b19-14+/t22-/m1/s1. The molecule has 3 rings (SSSR count). The summed E-state index contributed by atoms with van der Waals surface area (Å²) in [6.07, 6.45) is 1.54. The Balaban J connectivity index is 1.72. The maximum absolute atomic E-state index is 13.4. The van der Waals surface area contributed by atoms with Crippen molar-refractivity contribution in [3.8, 4) is 11.8 Å². The van der Waals surface area contributed by atoms with E-state index < -0.39 is 5.91 Å². The number of hydrogen-bond acceptors (Lipinski definition) is 4. The van der Waals surface area contributed by atoms with Crippen LogP contribution in [-0.4, -0.2) is 45.9 Å². The van der Waals surface area contributed by atoms with Gasteiger partial charge in [0.05, 0.1) is 26.9 Å². The van der Waals surface area contributed by atoms with Gasteiger partial charge in [-0.2, -0.15) is 5.26 Å². The van der Waals surface area contributed by atoms with Gasteiger partial charge in [0.15, 0.2) is 0 Å². The van der Waals surface area contributed by atoms with Crippen LogP contribution in [0.1, 0.15) is 17.2 Å². The summed E-state index contributed by atoms with van der Waals surface area (Å²) < 4.78 is 23.9. The topological polar surface area (TPSA) is 75.8 Å². The zero-order valence-corrected chi connectivity index (χ0v) is 16.9. The number of carbonyl (C=O) groups excluding carboxylic acids is 1. The van der Waals surface area contributed by atoms with Crippen molar-refractivity contribution in [3.63, 3.8) is 0 Å². The first-order valence-electron chi connectivity index (χ1n) is 9.82. The van der Waals surface area contributed by atoms with Crippen LogP contribution in [0.2, 0.25) is 0 Å². The molecule has 0 aliphatic carbocycles. The van der Waals surface area contributed by atoms with Gasteiger partial charge < -0.3 is 19.7 Å². The van der Waals surface area contributed by atoms with Crippen LogP contribution in [0.3, 0.4) is 0 Å². The second kappa shape index (κ2) is 10.5. The van der Waals surface area contributed by atoms with Crippen LogP contribution in [0.4, 0.5) is 4.39 Å². The van der Waals surface area contributed by atoms with Crippen molar-refractivity contribution in [1.29, 1.82) is 5.26 Å². The lowest BCUT2D eigenvalue weighted by molar-refractivity contribution is -0.937. The molecule has 156 valence electrons. The van der Waals surface area contributed by atoms with E-state index in [4.69, 9.17) is 9.47 Å². The van der Waals surface area contributed by atoms with E-state index in [9.17, 15) is 14.4 Å². The molecule has 1 aliphatic heterocycles. The molecule has 0 aromatic heterocycles. The molecule has 0 spiro atoms. The highest BCUT2D eigenvalue weighted by molar-refractivity contribution is 6.01. The van der Waals surface area contributed by atoms with Crippen molar-refractivity contribution in [1.82, 2.24) is 5.32 Å². The minimum absolute atomic E-state index is 0.0231. The van der Waals surface area contributed by atoms with Crippen molar-refractivity contribution in [2.24, 2.45) is 0 Å². The number of carbonyl (C=O) groups is 1. The fraction of sp³-hybridized carbons (Fsp3) is 0.304. The van der Waals surface area contributed by atoms with E-state index in [2.05, 4.69) is 5.32 Å². The Bertz CT molecular complexity index is 914. The summed E-state index contributed by atoms with van der Waals surface area (Å²) in [5.74, 6) is -0.0356. The summed E-state index contributed by atoms with van der Waals surface area (Å²) in [4.78, 5) is 13.9. The van der Waals surface area contributed by atoms with Crippen LogP contribution in [0, 0.1) is 17.1 Å². The molecule has 30 heavy (non-hydrogen) atoms. The fourth-order valence-corrected chi connectivity index (χ4v) is 3.48. The summed E-state index contributed by atoms with van der Waals surface area (Å²) in [6, 6.07) is 15.3. The maximum atomic E-state index is 13.4. The second-order valence-corrected chi connectivity index (χ2v) is 7.03. The number of methoxy groups -OCH3 is 1. The second-order valence-electron chi connectivity index (χ2n) is 7.03. The van der Waals surface area contributed by atoms with Gasteiger partial charge in [0.2, 0.25) is 0 Å². The Labute approximate surface area is 175 Å². The lowest BCUT2D eigenvalue weighted by atomic mass is 10.0. The number of nitrogens with one attached hydrogen (secondary N) is 2. The molecule has 1 saturated heterocycles. The van der Waals surface area contributed by atoms with Crippen LogP contribution < -0.4 is 15.0 Å². The Morgan fingerprint density at radius 2 is 1.90 bits per heavy atom. The third-order valence-corrected chi connectivity index (χ3v) is 5.16. The van der Waals surface area contributed by atoms with Gasteiger partial charge in [-0.15, -0.1) is 0 Å². The minimum atomic E-state index is -0.437. The van der Waals surface area contributed by atoms with Gasteiger partial charge in [0, 0.05) is 5.56 Å². The van der Waals surface area contributed by atoms with Crippen molar-refractivity contribution < 1.29 is 23.6 Å². The summed E-state index contributed by atoms with van der Waals surface area (Å²) >= 11 is 0. The number of amides is 1. The average Bonchev–Trinajstić information content (AvgIpc) is 2.79. The molecule has 1 atom stereocenters. The monoisotopic (exact) mass is 410 g/mol. The molecule has 0 saturated carbocycles. The number of nitrogens with zero attached hydrogens (tertiary/aromatic N) is 1. The first-order valence-corrected chi connectivity index (χ1v) is 9.82. The number of quaternary nitrogens is 1. The molecule has 7 heteroatoms. The smallest absolute Gasteiger partial charge is 0.262 e. The lowest BCUT2D eigenvalue weighted by Crippen LogP contribution is -3.15. The predicted molar refractivity (Wildman–Crippen MR) is 110 cm³/mol. The Morgan fingerprint density at radius 1 is 1.23 bits per heavy atom. The Kier molecular flexibility index (Phi) is 7.55. The molecule has 2 N–H and O–H groups in total. The van der Waals surface area contributed by atoms with Gasteiger partial charge in [-0.3, -0.25) is 4.79 Å². The van der Waals surface area contributed by atoms with Crippen LogP contribution in [0.15, 0.2) is 54.1 Å². The highest BCUT2D eigenvalue weighted by atomic mass is 19.1. The number of hydrogen-bond donors (Lipinski definition) is 2. The zero-order chi connectivity index (χ0) is 21.3. The number of benzene rings is 2. The van der Waals surface area contributed by atoms with Gasteiger partial charge in [-0.05, 0) is 35.9 Å². The molecule has 1 amide bonds. The first kappa shape index (κ1) is 21.5. The number of morpholine rings is 1. The number of rotatable bonds is 7. The molecular formula is C23H25FN3O3+. The molecule has 0 bridgehead atoms. The normalized spacial score (nSPS) is 15.8. The van der Waals surface area contributed by atoms with Crippen LogP contribution in [-0.2, 0) is 9.53 Å². The van der Waals surface area contributed by atoms with E-state index in [0.717, 1.165) is 24.2 Å². The van der Waals surface area contributed by atoms with E-state index in [-0.39, 0.29) is 17.4 Å². The minimum Gasteiger partial charge on any atom is -0.497 e. The fourth-order valence-electron chi connectivity index (χ4n) is 3.48. The van der Waals surface area contributed by atoms with E-state index >= 15 is 0 Å². The number of ether oxygens (including phenoxy) is 2. The zero-order valence-electron chi connectivity index (χ0n) is 16.9. The third-order valence-electron chi connectivity index (χ3n) is 5.16. The SMILES string of the molecule is COc1ccc(/C=C(\C#N)C(=O)NC[C@H](c2ccc(F)cc2)[NH+]2CCOCC2)cc1.